The minimum absolute atomic E-state index is 0.244. The molecule has 0 saturated heterocycles. The van der Waals surface area contributed by atoms with E-state index >= 15 is 0 Å². The number of Topliss-reactive ketones (excluding diaryl/α,β-unsaturated/α-hetero) is 1. The van der Waals surface area contributed by atoms with Crippen molar-refractivity contribution in [3.8, 4) is 6.07 Å². The van der Waals surface area contributed by atoms with E-state index < -0.39 is 0 Å². The van der Waals surface area contributed by atoms with Crippen LogP contribution in [0.25, 0.3) is 5.52 Å². The Kier molecular flexibility index (Phi) is 6.77. The van der Waals surface area contributed by atoms with Crippen LogP contribution in [0.4, 0.5) is 0 Å². The molecule has 1 saturated carbocycles. The summed E-state index contributed by atoms with van der Waals surface area (Å²) in [4.78, 5) is 15.4. The summed E-state index contributed by atoms with van der Waals surface area (Å²) < 4.78 is 1.89. The van der Waals surface area contributed by atoms with Gasteiger partial charge in [0.25, 0.3) is 0 Å². The molecule has 0 radical (unpaired) electrons. The molecule has 0 spiro atoms. The number of fused-ring (bicyclic) bond motifs is 1. The Labute approximate surface area is 172 Å². The zero-order valence-electron chi connectivity index (χ0n) is 17.4. The van der Waals surface area contributed by atoms with Crippen LogP contribution in [-0.2, 0) is 4.79 Å². The van der Waals surface area contributed by atoms with Gasteiger partial charge < -0.3 is 0 Å². The Balaban J connectivity index is 0.000000170. The zero-order valence-corrected chi connectivity index (χ0v) is 17.4. The van der Waals surface area contributed by atoms with Crippen molar-refractivity contribution in [2.24, 2.45) is 0 Å². The highest BCUT2D eigenvalue weighted by Gasteiger charge is 2.25. The number of hydrogen-bond acceptors (Lipinski definition) is 4. The molecule has 3 heterocycles. The van der Waals surface area contributed by atoms with Gasteiger partial charge in [0.1, 0.15) is 5.78 Å². The first-order chi connectivity index (χ1) is 14.0. The molecular weight excluding hydrogens is 360 g/mol. The molecule has 0 aromatic carbocycles. The fourth-order valence-corrected chi connectivity index (χ4v) is 3.71. The zero-order chi connectivity index (χ0) is 20.8. The number of nitrogens with zero attached hydrogens (tertiary/aromatic N) is 4. The number of aromatic nitrogens is 3. The van der Waals surface area contributed by atoms with E-state index in [1.54, 1.807) is 6.20 Å². The van der Waals surface area contributed by atoms with Gasteiger partial charge in [0, 0.05) is 42.4 Å². The maximum Gasteiger partial charge on any atom is 0.133 e. The number of nitriles is 1. The summed E-state index contributed by atoms with van der Waals surface area (Å²) >= 11 is 0. The van der Waals surface area contributed by atoms with Crippen LogP contribution in [0.1, 0.15) is 80.3 Å². The summed E-state index contributed by atoms with van der Waals surface area (Å²) in [5.74, 6) is 1.21. The topological polar surface area (TPSA) is 71.1 Å². The Morgan fingerprint density at radius 1 is 1.34 bits per heavy atom. The number of carbonyl (C=O) groups excluding carboxylic acids is 1. The first kappa shape index (κ1) is 20.7. The molecule has 1 aliphatic carbocycles. The van der Waals surface area contributed by atoms with E-state index in [2.05, 4.69) is 23.1 Å². The molecule has 3 aromatic rings. The summed E-state index contributed by atoms with van der Waals surface area (Å²) in [6.07, 6.45) is 8.72. The number of aryl methyl sites for hydroxylation is 1. The van der Waals surface area contributed by atoms with Crippen molar-refractivity contribution in [3.05, 3.63) is 65.2 Å². The van der Waals surface area contributed by atoms with Gasteiger partial charge >= 0.3 is 0 Å². The Morgan fingerprint density at radius 3 is 2.72 bits per heavy atom. The quantitative estimate of drug-likeness (QED) is 0.592. The third-order valence-electron chi connectivity index (χ3n) is 5.62. The molecule has 0 amide bonds. The van der Waals surface area contributed by atoms with E-state index in [4.69, 9.17) is 5.26 Å². The molecule has 0 aliphatic heterocycles. The lowest BCUT2D eigenvalue weighted by Gasteiger charge is -2.25. The first-order valence-electron chi connectivity index (χ1n) is 10.3. The second kappa shape index (κ2) is 9.47. The van der Waals surface area contributed by atoms with Crippen LogP contribution in [0, 0.1) is 18.3 Å². The Hall–Kier alpha value is -3.00. The van der Waals surface area contributed by atoms with Gasteiger partial charge in [0.2, 0.25) is 0 Å². The fourth-order valence-electron chi connectivity index (χ4n) is 3.71. The minimum atomic E-state index is 0.244. The number of rotatable bonds is 5. The predicted molar refractivity (Wildman–Crippen MR) is 114 cm³/mol. The van der Waals surface area contributed by atoms with Crippen molar-refractivity contribution in [1.82, 2.24) is 14.6 Å². The second-order valence-corrected chi connectivity index (χ2v) is 7.74. The summed E-state index contributed by atoms with van der Waals surface area (Å²) in [6.45, 7) is 6.00. The maximum atomic E-state index is 11.2. The molecule has 4 rings (SSSR count). The Morgan fingerprint density at radius 2 is 2.14 bits per heavy atom. The highest BCUT2D eigenvalue weighted by atomic mass is 16.1. The lowest BCUT2D eigenvalue weighted by atomic mass is 9.79. The number of hydrogen-bond donors (Lipinski definition) is 0. The second-order valence-electron chi connectivity index (χ2n) is 7.74. The summed E-state index contributed by atoms with van der Waals surface area (Å²) in [7, 11) is 0. The summed E-state index contributed by atoms with van der Waals surface area (Å²) in [5.41, 5.74) is 5.29. The minimum Gasteiger partial charge on any atom is -0.300 e. The number of ketones is 1. The molecule has 5 nitrogen and oxygen atoms in total. The van der Waals surface area contributed by atoms with Gasteiger partial charge in [-0.2, -0.15) is 10.4 Å². The van der Waals surface area contributed by atoms with Gasteiger partial charge in [-0.1, -0.05) is 26.3 Å². The average Bonchev–Trinajstić information content (AvgIpc) is 3.03. The molecule has 1 unspecified atom stereocenters. The molecular formula is C24H28N4O. The van der Waals surface area contributed by atoms with Crippen LogP contribution in [0.3, 0.4) is 0 Å². The smallest absolute Gasteiger partial charge is 0.133 e. The van der Waals surface area contributed by atoms with E-state index in [9.17, 15) is 4.79 Å². The number of pyridine rings is 2. The molecule has 5 heteroatoms. The first-order valence-corrected chi connectivity index (χ1v) is 10.3. The fraction of sp³-hybridized carbons (Fsp3) is 0.417. The molecule has 1 atom stereocenters. The summed E-state index contributed by atoms with van der Waals surface area (Å²) in [6, 6.07) is 11.8. The van der Waals surface area contributed by atoms with Gasteiger partial charge in [-0.05, 0) is 49.9 Å². The van der Waals surface area contributed by atoms with Crippen LogP contribution in [0.2, 0.25) is 0 Å². The maximum absolute atomic E-state index is 11.2. The monoisotopic (exact) mass is 388 g/mol. The van der Waals surface area contributed by atoms with Gasteiger partial charge in [-0.15, -0.1) is 0 Å². The molecule has 150 valence electrons. The standard InChI is InChI=1S/C13H13N3.C11H15NO/c1-9-13(11-3-2-4-11)12-7-10(8-14)5-6-16(12)15-9;1-3-10(13)8-9(2)11-6-4-5-7-12-11/h5-7,11H,2-4H2,1H3;4-7,9H,3,8H2,1-2H3. The van der Waals surface area contributed by atoms with E-state index in [-0.39, 0.29) is 5.92 Å². The van der Waals surface area contributed by atoms with Crippen molar-refractivity contribution in [2.45, 2.75) is 64.7 Å². The van der Waals surface area contributed by atoms with Crippen molar-refractivity contribution in [3.63, 3.8) is 0 Å². The normalized spacial score (nSPS) is 14.4. The van der Waals surface area contributed by atoms with Crippen molar-refractivity contribution in [2.75, 3.05) is 0 Å². The van der Waals surface area contributed by atoms with Gasteiger partial charge in [-0.3, -0.25) is 9.78 Å². The lowest BCUT2D eigenvalue weighted by molar-refractivity contribution is -0.119. The molecule has 3 aromatic heterocycles. The predicted octanol–water partition coefficient (Wildman–Crippen LogP) is 5.34. The van der Waals surface area contributed by atoms with Crippen LogP contribution in [0.15, 0.2) is 42.7 Å². The van der Waals surface area contributed by atoms with Gasteiger partial charge in [-0.25, -0.2) is 4.52 Å². The third-order valence-corrected chi connectivity index (χ3v) is 5.62. The highest BCUT2D eigenvalue weighted by Crippen LogP contribution is 2.39. The molecule has 1 fully saturated rings. The van der Waals surface area contributed by atoms with Crippen LogP contribution in [-0.4, -0.2) is 20.4 Å². The van der Waals surface area contributed by atoms with Crippen LogP contribution < -0.4 is 0 Å². The molecule has 0 bridgehead atoms. The highest BCUT2D eigenvalue weighted by molar-refractivity contribution is 5.78. The van der Waals surface area contributed by atoms with E-state index in [0.717, 1.165) is 16.9 Å². The van der Waals surface area contributed by atoms with Crippen molar-refractivity contribution >= 4 is 11.3 Å². The average molecular weight is 389 g/mol. The van der Waals surface area contributed by atoms with Gasteiger partial charge in [0.15, 0.2) is 0 Å². The van der Waals surface area contributed by atoms with Crippen molar-refractivity contribution < 1.29 is 4.79 Å². The molecule has 1 aliphatic rings. The Bertz CT molecular complexity index is 1010. The largest absolute Gasteiger partial charge is 0.300 e. The lowest BCUT2D eigenvalue weighted by Crippen LogP contribution is -2.09. The summed E-state index contributed by atoms with van der Waals surface area (Å²) in [5, 5.41) is 13.4. The SMILES string of the molecule is CCC(=O)CC(C)c1ccccn1.Cc1nn2ccc(C#N)cc2c1C1CCC1. The third kappa shape index (κ3) is 4.89. The van der Waals surface area contributed by atoms with E-state index in [0.29, 0.717) is 30.1 Å². The van der Waals surface area contributed by atoms with Crippen LogP contribution in [0.5, 0.6) is 0 Å². The molecule has 29 heavy (non-hydrogen) atoms. The number of carbonyl (C=O) groups is 1. The van der Waals surface area contributed by atoms with Crippen molar-refractivity contribution in [1.29, 1.82) is 5.26 Å². The van der Waals surface area contributed by atoms with E-state index in [1.165, 1.54) is 24.8 Å². The molecule has 0 N–H and O–H groups in total. The van der Waals surface area contributed by atoms with Gasteiger partial charge in [0.05, 0.1) is 22.8 Å². The van der Waals surface area contributed by atoms with Crippen LogP contribution >= 0.6 is 0 Å². The van der Waals surface area contributed by atoms with E-state index in [1.807, 2.05) is 54.9 Å².